The fourth-order valence-corrected chi connectivity index (χ4v) is 3.80. The van der Waals surface area contributed by atoms with Gasteiger partial charge in [-0.3, -0.25) is 9.67 Å². The van der Waals surface area contributed by atoms with E-state index in [9.17, 15) is 0 Å². The first-order chi connectivity index (χ1) is 12.1. The predicted molar refractivity (Wildman–Crippen MR) is 119 cm³/mol. The lowest BCUT2D eigenvalue weighted by molar-refractivity contribution is 0.499. The largest absolute Gasteiger partial charge is 0.353 e. The second-order valence-electron chi connectivity index (χ2n) is 6.77. The van der Waals surface area contributed by atoms with E-state index in [1.165, 1.54) is 16.3 Å². The highest BCUT2D eigenvalue weighted by Crippen LogP contribution is 2.21. The predicted octanol–water partition coefficient (Wildman–Crippen LogP) is 3.32. The summed E-state index contributed by atoms with van der Waals surface area (Å²) in [5.74, 6) is 0.836. The second-order valence-corrected chi connectivity index (χ2v) is 7.71. The molecule has 8 heteroatoms. The average molecular weight is 488 g/mol. The minimum atomic E-state index is 0. The molecule has 0 bridgehead atoms. The quantitative estimate of drug-likeness (QED) is 0.385. The molecule has 0 amide bonds. The van der Waals surface area contributed by atoms with Crippen molar-refractivity contribution in [2.45, 2.75) is 65.1 Å². The summed E-state index contributed by atoms with van der Waals surface area (Å²) in [7, 11) is 1.82. The van der Waals surface area contributed by atoms with Crippen molar-refractivity contribution in [2.75, 3.05) is 7.05 Å². The Kier molecular flexibility index (Phi) is 7.87. The fourth-order valence-electron chi connectivity index (χ4n) is 3.06. The zero-order valence-electron chi connectivity index (χ0n) is 16.0. The molecule has 0 fully saturated rings. The number of aryl methyl sites for hydroxylation is 2. The molecule has 0 radical (unpaired) electrons. The van der Waals surface area contributed by atoms with E-state index in [1.807, 2.05) is 7.05 Å². The van der Waals surface area contributed by atoms with Crippen LogP contribution < -0.4 is 10.6 Å². The Morgan fingerprint density at radius 2 is 2.27 bits per heavy atom. The summed E-state index contributed by atoms with van der Waals surface area (Å²) in [6.45, 7) is 7.18. The van der Waals surface area contributed by atoms with Gasteiger partial charge in [0, 0.05) is 37.1 Å². The summed E-state index contributed by atoms with van der Waals surface area (Å²) in [5, 5.41) is 15.0. The molecular weight excluding hydrogens is 459 g/mol. The second kappa shape index (κ2) is 9.68. The van der Waals surface area contributed by atoms with Crippen LogP contribution >= 0.6 is 35.3 Å². The van der Waals surface area contributed by atoms with E-state index in [2.05, 4.69) is 57.6 Å². The molecule has 1 aliphatic rings. The standard InChI is InChI=1S/C18H28N6S.HI/c1-5-17-21-15(11-25-17)9-20-18(19-4)22-14-7-6-13-10-24(12(2)3)23-16(13)8-14;/h10-12,14H,5-9H2,1-4H3,(H2,19,20,22);1H. The summed E-state index contributed by atoms with van der Waals surface area (Å²) in [5.41, 5.74) is 3.69. The molecule has 2 aromatic heterocycles. The van der Waals surface area contributed by atoms with Crippen LogP contribution in [0.1, 0.15) is 55.2 Å². The third-order valence-corrected chi connectivity index (χ3v) is 5.57. The van der Waals surface area contributed by atoms with Crippen molar-refractivity contribution in [2.24, 2.45) is 4.99 Å². The minimum Gasteiger partial charge on any atom is -0.353 e. The fraction of sp³-hybridized carbons (Fsp3) is 0.611. The molecule has 1 atom stereocenters. The van der Waals surface area contributed by atoms with Crippen LogP contribution in [0.25, 0.3) is 0 Å². The molecule has 3 rings (SSSR count). The van der Waals surface area contributed by atoms with Crippen LogP contribution in [-0.4, -0.2) is 33.8 Å². The maximum atomic E-state index is 4.75. The van der Waals surface area contributed by atoms with E-state index in [1.54, 1.807) is 11.3 Å². The molecule has 2 aromatic rings. The van der Waals surface area contributed by atoms with Gasteiger partial charge in [-0.1, -0.05) is 6.92 Å². The highest BCUT2D eigenvalue weighted by molar-refractivity contribution is 14.0. The van der Waals surface area contributed by atoms with Crippen molar-refractivity contribution in [3.8, 4) is 0 Å². The molecular formula is C18H29IN6S. The van der Waals surface area contributed by atoms with Gasteiger partial charge in [-0.15, -0.1) is 35.3 Å². The van der Waals surface area contributed by atoms with Crippen molar-refractivity contribution < 1.29 is 0 Å². The molecule has 6 nitrogen and oxygen atoms in total. The number of aliphatic imine (C=N–C) groups is 1. The number of hydrogen-bond donors (Lipinski definition) is 2. The zero-order valence-corrected chi connectivity index (χ0v) is 19.1. The Morgan fingerprint density at radius 1 is 1.46 bits per heavy atom. The van der Waals surface area contributed by atoms with Gasteiger partial charge in [-0.2, -0.15) is 5.10 Å². The maximum Gasteiger partial charge on any atom is 0.191 e. The van der Waals surface area contributed by atoms with Crippen LogP contribution in [0.5, 0.6) is 0 Å². The molecule has 26 heavy (non-hydrogen) atoms. The first-order valence-corrected chi connectivity index (χ1v) is 9.94. The van der Waals surface area contributed by atoms with Crippen LogP contribution in [0, 0.1) is 0 Å². The number of rotatable bonds is 5. The van der Waals surface area contributed by atoms with E-state index < -0.39 is 0 Å². The first-order valence-electron chi connectivity index (χ1n) is 9.06. The molecule has 0 aliphatic heterocycles. The number of aromatic nitrogens is 3. The van der Waals surface area contributed by atoms with Gasteiger partial charge < -0.3 is 10.6 Å². The van der Waals surface area contributed by atoms with Gasteiger partial charge in [0.2, 0.25) is 0 Å². The lowest BCUT2D eigenvalue weighted by Gasteiger charge is -2.24. The molecule has 144 valence electrons. The van der Waals surface area contributed by atoms with Crippen LogP contribution in [0.15, 0.2) is 16.6 Å². The molecule has 0 saturated heterocycles. The van der Waals surface area contributed by atoms with Crippen LogP contribution in [0.2, 0.25) is 0 Å². The molecule has 0 aromatic carbocycles. The number of nitrogens with one attached hydrogen (secondary N) is 2. The van der Waals surface area contributed by atoms with E-state index in [0.717, 1.165) is 37.3 Å². The number of nitrogens with zero attached hydrogens (tertiary/aromatic N) is 4. The Hall–Kier alpha value is -1.16. The SMILES string of the molecule is CCc1nc(CNC(=NC)NC2CCc3cn(C(C)C)nc3C2)cs1.I. The Labute approximate surface area is 176 Å². The lowest BCUT2D eigenvalue weighted by Crippen LogP contribution is -2.45. The van der Waals surface area contributed by atoms with E-state index in [0.29, 0.717) is 18.6 Å². The van der Waals surface area contributed by atoms with E-state index in [-0.39, 0.29) is 24.0 Å². The summed E-state index contributed by atoms with van der Waals surface area (Å²) in [6.07, 6.45) is 6.32. The van der Waals surface area contributed by atoms with Gasteiger partial charge in [0.25, 0.3) is 0 Å². The normalized spacial score (nSPS) is 17.0. The molecule has 1 aliphatic carbocycles. The number of hydrogen-bond acceptors (Lipinski definition) is 4. The Bertz CT molecular complexity index is 736. The summed E-state index contributed by atoms with van der Waals surface area (Å²) in [4.78, 5) is 8.95. The zero-order chi connectivity index (χ0) is 17.8. The van der Waals surface area contributed by atoms with Crippen LogP contribution in [-0.2, 0) is 25.8 Å². The molecule has 2 heterocycles. The third kappa shape index (κ3) is 5.18. The Morgan fingerprint density at radius 3 is 2.92 bits per heavy atom. The number of guanidine groups is 1. The molecule has 0 spiro atoms. The third-order valence-electron chi connectivity index (χ3n) is 4.53. The van der Waals surface area contributed by atoms with Crippen LogP contribution in [0.4, 0.5) is 0 Å². The van der Waals surface area contributed by atoms with Gasteiger partial charge >= 0.3 is 0 Å². The summed E-state index contributed by atoms with van der Waals surface area (Å²) in [6, 6.07) is 0.786. The van der Waals surface area contributed by atoms with Crippen molar-refractivity contribution in [3.05, 3.63) is 33.5 Å². The number of halogens is 1. The van der Waals surface area contributed by atoms with Crippen LogP contribution in [0.3, 0.4) is 0 Å². The van der Waals surface area contributed by atoms with Gasteiger partial charge in [-0.05, 0) is 38.7 Å². The highest BCUT2D eigenvalue weighted by atomic mass is 127. The number of thiazole rings is 1. The molecule has 1 unspecified atom stereocenters. The van der Waals surface area contributed by atoms with Crippen molar-refractivity contribution in [3.63, 3.8) is 0 Å². The van der Waals surface area contributed by atoms with Gasteiger partial charge in [0.05, 0.1) is 22.9 Å². The lowest BCUT2D eigenvalue weighted by atomic mass is 9.94. The van der Waals surface area contributed by atoms with E-state index in [4.69, 9.17) is 5.10 Å². The van der Waals surface area contributed by atoms with Crippen molar-refractivity contribution >= 4 is 41.3 Å². The average Bonchev–Trinajstić information content (AvgIpc) is 3.24. The Balaban J connectivity index is 0.00000243. The topological polar surface area (TPSA) is 67.1 Å². The monoisotopic (exact) mass is 488 g/mol. The smallest absolute Gasteiger partial charge is 0.191 e. The summed E-state index contributed by atoms with van der Waals surface area (Å²) >= 11 is 1.72. The van der Waals surface area contributed by atoms with Gasteiger partial charge in [0.15, 0.2) is 5.96 Å². The first kappa shape index (κ1) is 21.1. The summed E-state index contributed by atoms with van der Waals surface area (Å²) < 4.78 is 2.08. The van der Waals surface area contributed by atoms with E-state index >= 15 is 0 Å². The highest BCUT2D eigenvalue weighted by Gasteiger charge is 2.23. The minimum absolute atomic E-state index is 0. The molecule has 2 N–H and O–H groups in total. The van der Waals surface area contributed by atoms with Crippen molar-refractivity contribution in [1.82, 2.24) is 25.4 Å². The van der Waals surface area contributed by atoms with Crippen molar-refractivity contribution in [1.29, 1.82) is 0 Å². The van der Waals surface area contributed by atoms with Gasteiger partial charge in [0.1, 0.15) is 0 Å². The van der Waals surface area contributed by atoms with Gasteiger partial charge in [-0.25, -0.2) is 4.98 Å². The molecule has 0 saturated carbocycles. The maximum absolute atomic E-state index is 4.75. The number of fused-ring (bicyclic) bond motifs is 1.